The summed E-state index contributed by atoms with van der Waals surface area (Å²) >= 11 is 0. The molecule has 0 unspecified atom stereocenters. The van der Waals surface area contributed by atoms with E-state index in [1.54, 1.807) is 6.07 Å². The summed E-state index contributed by atoms with van der Waals surface area (Å²) in [6.45, 7) is 6.20. The number of nitrogens with zero attached hydrogens (tertiary/aromatic N) is 2. The molecule has 2 saturated heterocycles. The van der Waals surface area contributed by atoms with Gasteiger partial charge in [-0.2, -0.15) is 0 Å². The summed E-state index contributed by atoms with van der Waals surface area (Å²) in [5.41, 5.74) is 0.338. The number of ether oxygens (including phenoxy) is 1. The third-order valence-corrected chi connectivity index (χ3v) is 4.41. The zero-order valence-electron chi connectivity index (χ0n) is 12.2. The number of likely N-dealkylation sites (tertiary alicyclic amines) is 1. The van der Waals surface area contributed by atoms with Gasteiger partial charge in [0.05, 0.1) is 24.3 Å². The van der Waals surface area contributed by atoms with Crippen LogP contribution in [0.2, 0.25) is 0 Å². The summed E-state index contributed by atoms with van der Waals surface area (Å²) in [4.78, 5) is 30.6. The smallest absolute Gasteiger partial charge is 0.255 e. The molecule has 1 amide bonds. The van der Waals surface area contributed by atoms with Crippen molar-refractivity contribution in [3.8, 4) is 0 Å². The van der Waals surface area contributed by atoms with Crippen LogP contribution in [-0.4, -0.2) is 65.6 Å². The number of hydrogen-bond donors (Lipinski definition) is 1. The fourth-order valence-electron chi connectivity index (χ4n) is 3.19. The molecule has 0 radical (unpaired) electrons. The maximum Gasteiger partial charge on any atom is 0.255 e. The van der Waals surface area contributed by atoms with E-state index in [9.17, 15) is 9.59 Å². The Bertz CT molecular complexity index is 551. The molecule has 3 rings (SSSR count). The summed E-state index contributed by atoms with van der Waals surface area (Å²) < 4.78 is 5.83. The van der Waals surface area contributed by atoms with Crippen LogP contribution in [0.1, 0.15) is 23.7 Å². The van der Waals surface area contributed by atoms with Crippen molar-refractivity contribution in [1.82, 2.24) is 14.8 Å². The van der Waals surface area contributed by atoms with Crippen molar-refractivity contribution in [2.45, 2.75) is 25.5 Å². The van der Waals surface area contributed by atoms with Crippen LogP contribution in [0.5, 0.6) is 0 Å². The first-order valence-corrected chi connectivity index (χ1v) is 7.52. The molecular weight excluding hydrogens is 270 g/mol. The Morgan fingerprint density at radius 1 is 1.43 bits per heavy atom. The number of likely N-dealkylation sites (N-methyl/N-ethyl adjacent to an activating group) is 1. The molecule has 2 atom stereocenters. The highest BCUT2D eigenvalue weighted by atomic mass is 16.5. The minimum absolute atomic E-state index is 0.0255. The molecule has 21 heavy (non-hydrogen) atoms. The van der Waals surface area contributed by atoms with Crippen molar-refractivity contribution in [2.24, 2.45) is 0 Å². The molecule has 0 aliphatic carbocycles. The van der Waals surface area contributed by atoms with E-state index in [4.69, 9.17) is 4.74 Å². The lowest BCUT2D eigenvalue weighted by atomic mass is 9.98. The van der Waals surface area contributed by atoms with Gasteiger partial charge in [-0.3, -0.25) is 9.59 Å². The van der Waals surface area contributed by atoms with Crippen LogP contribution in [0.3, 0.4) is 0 Å². The highest BCUT2D eigenvalue weighted by molar-refractivity contribution is 5.94. The van der Waals surface area contributed by atoms with Gasteiger partial charge in [0.25, 0.3) is 5.91 Å². The second kappa shape index (κ2) is 5.99. The van der Waals surface area contributed by atoms with E-state index in [2.05, 4.69) is 16.8 Å². The van der Waals surface area contributed by atoms with Gasteiger partial charge in [0.2, 0.25) is 5.56 Å². The lowest BCUT2D eigenvalue weighted by molar-refractivity contribution is -0.0896. The molecule has 0 aromatic carbocycles. The van der Waals surface area contributed by atoms with E-state index in [1.165, 1.54) is 12.3 Å². The van der Waals surface area contributed by atoms with Crippen LogP contribution in [0.15, 0.2) is 23.1 Å². The maximum atomic E-state index is 12.7. The Morgan fingerprint density at radius 3 is 3.00 bits per heavy atom. The molecule has 1 aromatic heterocycles. The van der Waals surface area contributed by atoms with Crippen LogP contribution in [0.4, 0.5) is 0 Å². The second-order valence-corrected chi connectivity index (χ2v) is 5.60. The van der Waals surface area contributed by atoms with E-state index in [0.29, 0.717) is 18.7 Å². The van der Waals surface area contributed by atoms with E-state index in [-0.39, 0.29) is 23.6 Å². The predicted octanol–water partition coefficient (Wildman–Crippen LogP) is 0.310. The molecule has 0 spiro atoms. The Morgan fingerprint density at radius 2 is 2.29 bits per heavy atom. The summed E-state index contributed by atoms with van der Waals surface area (Å²) in [7, 11) is 0. The number of carbonyl (C=O) groups is 1. The van der Waals surface area contributed by atoms with Crippen LogP contribution in [0.25, 0.3) is 0 Å². The van der Waals surface area contributed by atoms with Gasteiger partial charge in [-0.25, -0.2) is 0 Å². The van der Waals surface area contributed by atoms with Crippen LogP contribution in [-0.2, 0) is 4.74 Å². The third-order valence-electron chi connectivity index (χ3n) is 4.41. The highest BCUT2D eigenvalue weighted by Crippen LogP contribution is 2.24. The summed E-state index contributed by atoms with van der Waals surface area (Å²) in [6.07, 6.45) is 2.59. The van der Waals surface area contributed by atoms with Gasteiger partial charge in [-0.1, -0.05) is 6.92 Å². The van der Waals surface area contributed by atoms with Crippen LogP contribution in [0, 0.1) is 0 Å². The first kappa shape index (κ1) is 14.3. The number of piperidine rings is 1. The van der Waals surface area contributed by atoms with Gasteiger partial charge in [0, 0.05) is 31.9 Å². The van der Waals surface area contributed by atoms with Crippen molar-refractivity contribution in [2.75, 3.05) is 32.8 Å². The average molecular weight is 291 g/mol. The number of hydrogen-bond acceptors (Lipinski definition) is 4. The van der Waals surface area contributed by atoms with E-state index >= 15 is 0 Å². The first-order valence-electron chi connectivity index (χ1n) is 7.52. The van der Waals surface area contributed by atoms with Gasteiger partial charge in [-0.05, 0) is 19.0 Å². The van der Waals surface area contributed by atoms with E-state index in [0.717, 1.165) is 26.1 Å². The molecule has 0 saturated carbocycles. The zero-order valence-corrected chi connectivity index (χ0v) is 12.2. The van der Waals surface area contributed by atoms with Crippen LogP contribution >= 0.6 is 0 Å². The van der Waals surface area contributed by atoms with Crippen LogP contribution < -0.4 is 5.56 Å². The van der Waals surface area contributed by atoms with Crippen molar-refractivity contribution in [1.29, 1.82) is 0 Å². The number of aromatic amines is 1. The minimum Gasteiger partial charge on any atom is -0.374 e. The quantitative estimate of drug-likeness (QED) is 0.852. The fourth-order valence-corrected chi connectivity index (χ4v) is 3.19. The summed E-state index contributed by atoms with van der Waals surface area (Å²) in [6, 6.07) is 3.09. The topological polar surface area (TPSA) is 65.6 Å². The standard InChI is InChI=1S/C15H21N3O3/c1-2-17-6-5-13-12(10-17)18(7-8-21-13)15(20)11-3-4-14(19)16-9-11/h3-4,9,12-13H,2,5-8,10H2,1H3,(H,16,19)/t12-,13+/m0/s1. The Hall–Kier alpha value is -1.66. The number of carbonyl (C=O) groups excluding carboxylic acids is 1. The Balaban J connectivity index is 1.80. The lowest BCUT2D eigenvalue weighted by Gasteiger charge is -2.46. The van der Waals surface area contributed by atoms with Gasteiger partial charge in [-0.15, -0.1) is 0 Å². The number of rotatable bonds is 2. The molecule has 3 heterocycles. The number of H-pyrrole nitrogens is 1. The van der Waals surface area contributed by atoms with Gasteiger partial charge in [0.15, 0.2) is 0 Å². The van der Waals surface area contributed by atoms with Crippen molar-refractivity contribution < 1.29 is 9.53 Å². The highest BCUT2D eigenvalue weighted by Gasteiger charge is 2.39. The van der Waals surface area contributed by atoms with E-state index in [1.807, 2.05) is 4.90 Å². The Labute approximate surface area is 123 Å². The monoisotopic (exact) mass is 291 g/mol. The largest absolute Gasteiger partial charge is 0.374 e. The number of amides is 1. The first-order chi connectivity index (χ1) is 10.2. The van der Waals surface area contributed by atoms with Gasteiger partial charge >= 0.3 is 0 Å². The minimum atomic E-state index is -0.193. The normalized spacial score (nSPS) is 26.4. The third kappa shape index (κ3) is 2.87. The lowest BCUT2D eigenvalue weighted by Crippen LogP contribution is -2.61. The van der Waals surface area contributed by atoms with Crippen molar-refractivity contribution in [3.05, 3.63) is 34.2 Å². The number of pyridine rings is 1. The number of morpholine rings is 1. The molecule has 2 aliphatic rings. The molecule has 2 aliphatic heterocycles. The number of fused-ring (bicyclic) bond motifs is 1. The molecule has 114 valence electrons. The molecule has 0 bridgehead atoms. The number of aromatic nitrogens is 1. The molecular formula is C15H21N3O3. The molecule has 6 heteroatoms. The van der Waals surface area contributed by atoms with Gasteiger partial charge < -0.3 is 19.5 Å². The second-order valence-electron chi connectivity index (χ2n) is 5.60. The molecule has 2 fully saturated rings. The predicted molar refractivity (Wildman–Crippen MR) is 78.4 cm³/mol. The van der Waals surface area contributed by atoms with Gasteiger partial charge in [0.1, 0.15) is 0 Å². The SMILES string of the molecule is CCN1CC[C@H]2OCCN(C(=O)c3ccc(=O)[nH]c3)[C@H]2C1. The number of nitrogens with one attached hydrogen (secondary N) is 1. The zero-order chi connectivity index (χ0) is 14.8. The van der Waals surface area contributed by atoms with E-state index < -0.39 is 0 Å². The average Bonchev–Trinajstić information content (AvgIpc) is 2.54. The molecule has 1 N–H and O–H groups in total. The molecule has 6 nitrogen and oxygen atoms in total. The van der Waals surface area contributed by atoms with Crippen molar-refractivity contribution in [3.63, 3.8) is 0 Å². The molecule has 1 aromatic rings. The van der Waals surface area contributed by atoms with Crippen molar-refractivity contribution >= 4 is 5.91 Å². The maximum absolute atomic E-state index is 12.7. The summed E-state index contributed by atoms with van der Waals surface area (Å²) in [5.74, 6) is -0.0255. The Kier molecular flexibility index (Phi) is 4.07. The fraction of sp³-hybridized carbons (Fsp3) is 0.600. The summed E-state index contributed by atoms with van der Waals surface area (Å²) in [5, 5.41) is 0.